The summed E-state index contributed by atoms with van der Waals surface area (Å²) in [5.41, 5.74) is 2.26. The van der Waals surface area contributed by atoms with Gasteiger partial charge in [-0.2, -0.15) is 0 Å². The average molecular weight is 435 g/mol. The van der Waals surface area contributed by atoms with Crippen LogP contribution in [-0.4, -0.2) is 38.3 Å². The van der Waals surface area contributed by atoms with Gasteiger partial charge in [-0.25, -0.2) is 4.39 Å². The summed E-state index contributed by atoms with van der Waals surface area (Å²) in [4.78, 5) is 14.2. The number of nitrogens with one attached hydrogen (secondary N) is 1. The number of rotatable bonds is 7. The van der Waals surface area contributed by atoms with Crippen LogP contribution in [0.4, 0.5) is 10.1 Å². The molecule has 5 nitrogen and oxygen atoms in total. The average Bonchev–Trinajstić information content (AvgIpc) is 2.70. The van der Waals surface area contributed by atoms with Crippen molar-refractivity contribution in [1.82, 2.24) is 5.32 Å². The molecular formula is C23H28ClFN2O3. The van der Waals surface area contributed by atoms with Crippen molar-refractivity contribution < 1.29 is 18.7 Å². The van der Waals surface area contributed by atoms with Crippen LogP contribution >= 0.6 is 11.6 Å². The molecule has 0 bridgehead atoms. The number of morpholine rings is 1. The molecule has 2 aromatic rings. The van der Waals surface area contributed by atoms with E-state index in [4.69, 9.17) is 21.1 Å². The summed E-state index contributed by atoms with van der Waals surface area (Å²) in [5, 5.41) is 3.37. The third-order valence-corrected chi connectivity index (χ3v) is 5.41. The van der Waals surface area contributed by atoms with Crippen molar-refractivity contribution >= 4 is 23.2 Å². The third kappa shape index (κ3) is 5.86. The molecule has 2 atom stereocenters. The van der Waals surface area contributed by atoms with E-state index in [1.165, 1.54) is 6.07 Å². The van der Waals surface area contributed by atoms with Crippen LogP contribution in [0.2, 0.25) is 5.02 Å². The quantitative estimate of drug-likeness (QED) is 0.703. The number of methoxy groups -OCH3 is 1. The van der Waals surface area contributed by atoms with Crippen molar-refractivity contribution in [3.8, 4) is 5.75 Å². The van der Waals surface area contributed by atoms with Gasteiger partial charge in [-0.1, -0.05) is 23.7 Å². The molecule has 30 heavy (non-hydrogen) atoms. The molecule has 1 saturated heterocycles. The number of carbonyl (C=O) groups is 1. The van der Waals surface area contributed by atoms with Gasteiger partial charge in [0.25, 0.3) is 0 Å². The van der Waals surface area contributed by atoms with Crippen LogP contribution in [0.25, 0.3) is 0 Å². The zero-order valence-electron chi connectivity index (χ0n) is 17.6. The molecule has 1 aliphatic rings. The fraction of sp³-hybridized carbons (Fsp3) is 0.435. The Balaban J connectivity index is 1.51. The van der Waals surface area contributed by atoms with Gasteiger partial charge in [0.2, 0.25) is 5.91 Å². The molecule has 1 amide bonds. The minimum Gasteiger partial charge on any atom is -0.495 e. The van der Waals surface area contributed by atoms with Crippen molar-refractivity contribution in [3.63, 3.8) is 0 Å². The Morgan fingerprint density at radius 1 is 1.20 bits per heavy atom. The van der Waals surface area contributed by atoms with E-state index in [0.717, 1.165) is 11.1 Å². The van der Waals surface area contributed by atoms with Gasteiger partial charge in [0, 0.05) is 26.1 Å². The summed E-state index contributed by atoms with van der Waals surface area (Å²) in [7, 11) is 1.56. The molecule has 1 fully saturated rings. The molecular weight excluding hydrogens is 407 g/mol. The van der Waals surface area contributed by atoms with Crippen LogP contribution in [0.3, 0.4) is 0 Å². The lowest BCUT2D eigenvalue weighted by Gasteiger charge is -2.37. The molecule has 2 unspecified atom stereocenters. The number of benzene rings is 2. The second kappa shape index (κ2) is 10.1. The smallest absolute Gasteiger partial charge is 0.220 e. The first-order valence-electron chi connectivity index (χ1n) is 10.1. The predicted molar refractivity (Wildman–Crippen MR) is 117 cm³/mol. The van der Waals surface area contributed by atoms with Crippen molar-refractivity contribution in [2.24, 2.45) is 0 Å². The highest BCUT2D eigenvalue weighted by molar-refractivity contribution is 6.32. The van der Waals surface area contributed by atoms with E-state index in [2.05, 4.69) is 5.32 Å². The summed E-state index contributed by atoms with van der Waals surface area (Å²) in [6.07, 6.45) is 1.02. The van der Waals surface area contributed by atoms with Gasteiger partial charge in [0.1, 0.15) is 11.6 Å². The van der Waals surface area contributed by atoms with Gasteiger partial charge in [-0.3, -0.25) is 4.79 Å². The Morgan fingerprint density at radius 3 is 2.53 bits per heavy atom. The van der Waals surface area contributed by atoms with E-state index in [0.29, 0.717) is 42.4 Å². The van der Waals surface area contributed by atoms with Crippen LogP contribution in [0.15, 0.2) is 36.4 Å². The Kier molecular flexibility index (Phi) is 7.56. The summed E-state index contributed by atoms with van der Waals surface area (Å²) in [6.45, 7) is 5.59. The fourth-order valence-electron chi connectivity index (χ4n) is 3.70. The normalized spacial score (nSPS) is 18.9. The van der Waals surface area contributed by atoms with Gasteiger partial charge in [0.05, 0.1) is 30.0 Å². The van der Waals surface area contributed by atoms with Gasteiger partial charge in [-0.15, -0.1) is 0 Å². The van der Waals surface area contributed by atoms with Gasteiger partial charge < -0.3 is 19.7 Å². The SMILES string of the molecule is COc1ccc(CCC(=O)NCc2ccc(N3CC(C)OC(C)C3)c(F)c2)cc1Cl. The number of hydrogen-bond acceptors (Lipinski definition) is 4. The second-order valence-corrected chi connectivity index (χ2v) is 8.10. The molecule has 2 aromatic carbocycles. The molecule has 1 aliphatic heterocycles. The second-order valence-electron chi connectivity index (χ2n) is 7.69. The van der Waals surface area contributed by atoms with Crippen molar-refractivity contribution in [1.29, 1.82) is 0 Å². The van der Waals surface area contributed by atoms with E-state index >= 15 is 0 Å². The number of hydrogen-bond donors (Lipinski definition) is 1. The van der Waals surface area contributed by atoms with Crippen LogP contribution in [0, 0.1) is 5.82 Å². The first-order chi connectivity index (χ1) is 14.4. The largest absolute Gasteiger partial charge is 0.495 e. The molecule has 0 aliphatic carbocycles. The summed E-state index contributed by atoms with van der Waals surface area (Å²) >= 11 is 6.11. The predicted octanol–water partition coefficient (Wildman–Crippen LogP) is 4.35. The zero-order chi connectivity index (χ0) is 21.7. The molecule has 3 rings (SSSR count). The van der Waals surface area contributed by atoms with Crippen LogP contribution < -0.4 is 15.0 Å². The van der Waals surface area contributed by atoms with Gasteiger partial charge in [0.15, 0.2) is 0 Å². The molecule has 162 valence electrons. The lowest BCUT2D eigenvalue weighted by Crippen LogP contribution is -2.45. The number of carbonyl (C=O) groups excluding carboxylic acids is 1. The maximum atomic E-state index is 14.7. The first-order valence-corrected chi connectivity index (χ1v) is 10.5. The lowest BCUT2D eigenvalue weighted by atomic mass is 10.1. The van der Waals surface area contributed by atoms with E-state index in [1.54, 1.807) is 25.3 Å². The molecule has 7 heteroatoms. The first kappa shape index (κ1) is 22.4. The Hall–Kier alpha value is -2.31. The van der Waals surface area contributed by atoms with E-state index in [1.807, 2.05) is 30.9 Å². The van der Waals surface area contributed by atoms with Crippen molar-refractivity contribution in [2.75, 3.05) is 25.1 Å². The Morgan fingerprint density at radius 2 is 1.90 bits per heavy atom. The van der Waals surface area contributed by atoms with Gasteiger partial charge in [-0.05, 0) is 55.7 Å². The molecule has 1 heterocycles. The summed E-state index contributed by atoms with van der Waals surface area (Å²) in [5.74, 6) is 0.231. The topological polar surface area (TPSA) is 50.8 Å². The number of nitrogens with zero attached hydrogens (tertiary/aromatic N) is 1. The standard InChI is InChI=1S/C23H28ClFN2O3/c1-15-13-27(14-16(2)30-15)21-7-4-18(11-20(21)25)12-26-23(28)9-6-17-5-8-22(29-3)19(24)10-17/h4-5,7-8,10-11,15-16H,6,9,12-14H2,1-3H3,(H,26,28). The van der Waals surface area contributed by atoms with Crippen molar-refractivity contribution in [3.05, 3.63) is 58.4 Å². The van der Waals surface area contributed by atoms with E-state index in [9.17, 15) is 9.18 Å². The third-order valence-electron chi connectivity index (χ3n) is 5.12. The highest BCUT2D eigenvalue weighted by atomic mass is 35.5. The maximum Gasteiger partial charge on any atom is 0.220 e. The van der Waals surface area contributed by atoms with Gasteiger partial charge >= 0.3 is 0 Å². The maximum absolute atomic E-state index is 14.7. The highest BCUT2D eigenvalue weighted by Crippen LogP contribution is 2.26. The van der Waals surface area contributed by atoms with Crippen molar-refractivity contribution in [2.45, 2.75) is 45.4 Å². The monoisotopic (exact) mass is 434 g/mol. The summed E-state index contributed by atoms with van der Waals surface area (Å²) in [6, 6.07) is 10.6. The fourth-order valence-corrected chi connectivity index (χ4v) is 3.98. The minimum absolute atomic E-state index is 0.0627. The molecule has 0 saturated carbocycles. The number of aryl methyl sites for hydroxylation is 1. The number of anilines is 1. The van der Waals surface area contributed by atoms with Crippen LogP contribution in [-0.2, 0) is 22.5 Å². The zero-order valence-corrected chi connectivity index (χ0v) is 18.3. The number of ether oxygens (including phenoxy) is 2. The number of amides is 1. The molecule has 0 aromatic heterocycles. The lowest BCUT2D eigenvalue weighted by molar-refractivity contribution is -0.121. The van der Waals surface area contributed by atoms with E-state index < -0.39 is 0 Å². The molecule has 0 spiro atoms. The highest BCUT2D eigenvalue weighted by Gasteiger charge is 2.24. The van der Waals surface area contributed by atoms with Crippen LogP contribution in [0.1, 0.15) is 31.4 Å². The Labute approximate surface area is 182 Å². The molecule has 1 N–H and O–H groups in total. The minimum atomic E-state index is -0.282. The summed E-state index contributed by atoms with van der Waals surface area (Å²) < 4.78 is 25.5. The molecule has 0 radical (unpaired) electrons. The Bertz CT molecular complexity index is 883. The number of halogens is 2. The van der Waals surface area contributed by atoms with Crippen LogP contribution in [0.5, 0.6) is 5.75 Å². The van der Waals surface area contributed by atoms with E-state index in [-0.39, 0.29) is 30.5 Å².